The van der Waals surface area contributed by atoms with Crippen molar-refractivity contribution in [1.29, 1.82) is 0 Å². The number of fused-ring (bicyclic) bond motifs is 2. The van der Waals surface area contributed by atoms with Gasteiger partial charge in [-0.15, -0.1) is 6.42 Å². The van der Waals surface area contributed by atoms with Crippen LogP contribution < -0.4 is 5.73 Å². The summed E-state index contributed by atoms with van der Waals surface area (Å²) < 4.78 is 33.4. The molecule has 1 unspecified atom stereocenters. The van der Waals surface area contributed by atoms with Gasteiger partial charge in [-0.05, 0) is 6.26 Å². The van der Waals surface area contributed by atoms with E-state index in [1.54, 1.807) is 0 Å². The molecular formula is C16H18FN5O4S. The Hall–Kier alpha value is -1.97. The molecule has 2 aliphatic rings. The molecule has 4 heterocycles. The number of nitrogen functional groups attached to an aromatic ring is 1. The molecule has 0 aliphatic carbocycles. The number of terminal acetylenes is 1. The van der Waals surface area contributed by atoms with Crippen LogP contribution in [0.15, 0.2) is 12.7 Å². The molecule has 2 fully saturated rings. The Bertz CT molecular complexity index is 901. The minimum atomic E-state index is -1.67. The zero-order chi connectivity index (χ0) is 19.2. The molecule has 11 heteroatoms. The van der Waals surface area contributed by atoms with E-state index in [4.69, 9.17) is 26.4 Å². The van der Waals surface area contributed by atoms with Crippen LogP contribution in [-0.4, -0.2) is 73.5 Å². The molecule has 2 aromatic heterocycles. The normalized spacial score (nSPS) is 35.4. The summed E-state index contributed by atoms with van der Waals surface area (Å²) in [4.78, 5) is 12.3. The van der Waals surface area contributed by atoms with E-state index in [2.05, 4.69) is 20.9 Å². The van der Waals surface area contributed by atoms with E-state index in [9.17, 15) is 9.50 Å². The van der Waals surface area contributed by atoms with Crippen molar-refractivity contribution in [1.82, 2.24) is 19.5 Å². The van der Waals surface area contributed by atoms with Crippen molar-refractivity contribution in [2.45, 2.75) is 29.8 Å². The molecule has 2 aromatic rings. The number of imidazole rings is 1. The number of nitrogens with zero attached hydrogens (tertiary/aromatic N) is 4. The summed E-state index contributed by atoms with van der Waals surface area (Å²) in [5.41, 5.74) is 3.41. The third kappa shape index (κ3) is 2.45. The lowest BCUT2D eigenvalue weighted by Crippen LogP contribution is -2.51. The van der Waals surface area contributed by atoms with Crippen molar-refractivity contribution in [2.75, 3.05) is 31.0 Å². The minimum absolute atomic E-state index is 0.186. The Morgan fingerprint density at radius 1 is 1.44 bits per heavy atom. The summed E-state index contributed by atoms with van der Waals surface area (Å²) in [6.45, 7) is -1.64. The molecule has 3 N–H and O–H groups in total. The number of aliphatic hydroxyl groups excluding tert-OH is 1. The molecule has 5 atom stereocenters. The molecule has 0 spiro atoms. The smallest absolute Gasteiger partial charge is 0.205 e. The average Bonchev–Trinajstić information content (AvgIpc) is 3.33. The van der Waals surface area contributed by atoms with Crippen LogP contribution in [0.25, 0.3) is 11.2 Å². The maximum Gasteiger partial charge on any atom is 0.205 e. The van der Waals surface area contributed by atoms with Crippen LogP contribution in [0.3, 0.4) is 0 Å². The molecule has 9 nitrogen and oxygen atoms in total. The second-order valence-corrected chi connectivity index (χ2v) is 7.28. The summed E-state index contributed by atoms with van der Waals surface area (Å²) in [6.07, 6.45) is 7.72. The van der Waals surface area contributed by atoms with E-state index in [0.717, 1.165) is 0 Å². The maximum absolute atomic E-state index is 14.0. The molecular weight excluding hydrogens is 377 g/mol. The number of nitrogens with two attached hydrogens (primary N) is 1. The quantitative estimate of drug-likeness (QED) is 0.680. The zero-order valence-corrected chi connectivity index (χ0v) is 15.2. The summed E-state index contributed by atoms with van der Waals surface area (Å²) in [5.74, 6) is 3.26. The van der Waals surface area contributed by atoms with Gasteiger partial charge in [0.15, 0.2) is 29.6 Å². The maximum atomic E-state index is 14.0. The number of rotatable bonds is 5. The van der Waals surface area contributed by atoms with Crippen LogP contribution in [-0.2, 0) is 14.2 Å². The number of ether oxygens (including phenoxy) is 3. The van der Waals surface area contributed by atoms with Crippen molar-refractivity contribution in [2.24, 2.45) is 0 Å². The predicted molar refractivity (Wildman–Crippen MR) is 95.3 cm³/mol. The van der Waals surface area contributed by atoms with Crippen molar-refractivity contribution in [3.63, 3.8) is 0 Å². The number of hydrogen-bond acceptors (Lipinski definition) is 9. The third-order valence-corrected chi connectivity index (χ3v) is 5.46. The molecule has 2 saturated heterocycles. The van der Waals surface area contributed by atoms with E-state index in [1.165, 1.54) is 29.0 Å². The van der Waals surface area contributed by atoms with Crippen molar-refractivity contribution in [3.8, 4) is 12.3 Å². The number of alkyl halides is 1. The van der Waals surface area contributed by atoms with Gasteiger partial charge >= 0.3 is 0 Å². The van der Waals surface area contributed by atoms with Gasteiger partial charge in [-0.25, -0.2) is 19.3 Å². The summed E-state index contributed by atoms with van der Waals surface area (Å²) >= 11 is 1.49. The Labute approximate surface area is 158 Å². The fourth-order valence-electron chi connectivity index (χ4n) is 3.59. The highest BCUT2D eigenvalue weighted by atomic mass is 32.2. The van der Waals surface area contributed by atoms with E-state index in [1.807, 2.05) is 6.26 Å². The third-order valence-electron chi connectivity index (χ3n) is 4.86. The van der Waals surface area contributed by atoms with E-state index in [-0.39, 0.29) is 5.82 Å². The van der Waals surface area contributed by atoms with Crippen LogP contribution in [0.1, 0.15) is 6.23 Å². The fraction of sp³-hybridized carbons (Fsp3) is 0.562. The number of aliphatic hydroxyl groups is 1. The topological polar surface area (TPSA) is 118 Å². The number of thioether (sulfide) groups is 1. The van der Waals surface area contributed by atoms with Crippen molar-refractivity contribution in [3.05, 3.63) is 12.7 Å². The molecule has 0 amide bonds. The molecule has 27 heavy (non-hydrogen) atoms. The predicted octanol–water partition coefficient (Wildman–Crippen LogP) is 0.114. The largest absolute Gasteiger partial charge is 0.393 e. The monoisotopic (exact) mass is 395 g/mol. The van der Waals surface area contributed by atoms with E-state index in [0.29, 0.717) is 16.9 Å². The Balaban J connectivity index is 1.86. The highest BCUT2D eigenvalue weighted by molar-refractivity contribution is 7.98. The SMILES string of the molecule is C#C[C@@]12OC(CSC)O[C@@H]1[C@](CO)(CF)O[C@H]2n1cnc2c(N)ncnc21. The fourth-order valence-corrected chi connectivity index (χ4v) is 4.01. The highest BCUT2D eigenvalue weighted by Crippen LogP contribution is 2.53. The van der Waals surface area contributed by atoms with Gasteiger partial charge in [0.25, 0.3) is 0 Å². The molecule has 0 aromatic carbocycles. The lowest BCUT2D eigenvalue weighted by molar-refractivity contribution is -0.195. The molecule has 0 radical (unpaired) electrons. The number of halogens is 1. The van der Waals surface area contributed by atoms with Gasteiger partial charge in [-0.2, -0.15) is 11.8 Å². The second kappa shape index (κ2) is 6.57. The Morgan fingerprint density at radius 2 is 2.26 bits per heavy atom. The highest BCUT2D eigenvalue weighted by Gasteiger charge is 2.70. The Kier molecular flexibility index (Phi) is 4.48. The first-order valence-electron chi connectivity index (χ1n) is 8.13. The Morgan fingerprint density at radius 3 is 2.93 bits per heavy atom. The molecule has 0 bridgehead atoms. The van der Waals surface area contributed by atoms with Gasteiger partial charge in [-0.3, -0.25) is 4.57 Å². The lowest BCUT2D eigenvalue weighted by Gasteiger charge is -2.28. The van der Waals surface area contributed by atoms with Gasteiger partial charge in [0.05, 0.1) is 12.9 Å². The van der Waals surface area contributed by atoms with Crippen LogP contribution >= 0.6 is 11.8 Å². The standard InChI is InChI=1S/C16H18FN5O4S/c1-3-16-13(24-9(25-16)4-27-2)15(5-17,6-23)26-14(16)22-8-21-10-11(18)19-7-20-12(10)22/h1,7-9,13-14,23H,4-6H2,2H3,(H2,18,19,20)/t9?,13-,14-,15-,16-/m1/s1. The molecule has 2 aliphatic heterocycles. The van der Waals surface area contributed by atoms with Gasteiger partial charge in [-0.1, -0.05) is 5.92 Å². The van der Waals surface area contributed by atoms with Gasteiger partial charge in [0.2, 0.25) is 5.60 Å². The minimum Gasteiger partial charge on any atom is -0.393 e. The first kappa shape index (κ1) is 18.4. The van der Waals surface area contributed by atoms with Crippen molar-refractivity contribution < 1.29 is 23.7 Å². The first-order chi connectivity index (χ1) is 13.0. The van der Waals surface area contributed by atoms with Gasteiger partial charge in [0, 0.05) is 5.75 Å². The number of hydrogen-bond donors (Lipinski definition) is 2. The lowest BCUT2D eigenvalue weighted by atomic mass is 9.87. The summed E-state index contributed by atoms with van der Waals surface area (Å²) in [7, 11) is 0. The van der Waals surface area contributed by atoms with Gasteiger partial charge in [0.1, 0.15) is 24.6 Å². The van der Waals surface area contributed by atoms with Crippen LogP contribution in [0.2, 0.25) is 0 Å². The summed E-state index contributed by atoms with van der Waals surface area (Å²) in [5, 5.41) is 9.92. The first-order valence-corrected chi connectivity index (χ1v) is 9.52. The van der Waals surface area contributed by atoms with E-state index < -0.39 is 43.1 Å². The van der Waals surface area contributed by atoms with Crippen LogP contribution in [0.5, 0.6) is 0 Å². The number of aromatic nitrogens is 4. The van der Waals surface area contributed by atoms with Crippen LogP contribution in [0.4, 0.5) is 10.2 Å². The molecule has 144 valence electrons. The van der Waals surface area contributed by atoms with Crippen molar-refractivity contribution >= 4 is 28.7 Å². The number of anilines is 1. The zero-order valence-electron chi connectivity index (χ0n) is 14.4. The second-order valence-electron chi connectivity index (χ2n) is 6.37. The molecule has 0 saturated carbocycles. The van der Waals surface area contributed by atoms with E-state index >= 15 is 0 Å². The molecule has 4 rings (SSSR count). The van der Waals surface area contributed by atoms with Crippen LogP contribution in [0, 0.1) is 12.3 Å². The summed E-state index contributed by atoms with van der Waals surface area (Å²) in [6, 6.07) is 0. The average molecular weight is 395 g/mol. The van der Waals surface area contributed by atoms with Gasteiger partial charge < -0.3 is 25.1 Å².